The molecule has 160 valence electrons. The maximum atomic E-state index is 13.5. The Labute approximate surface area is 185 Å². The van der Waals surface area contributed by atoms with Crippen molar-refractivity contribution in [3.8, 4) is 0 Å². The normalized spacial score (nSPS) is 20.8. The van der Waals surface area contributed by atoms with Crippen molar-refractivity contribution < 1.29 is 14.3 Å². The van der Waals surface area contributed by atoms with Crippen LogP contribution in [0.3, 0.4) is 0 Å². The number of hydrogen-bond acceptors (Lipinski definition) is 3. The van der Waals surface area contributed by atoms with E-state index >= 15 is 0 Å². The minimum atomic E-state index is -0.528. The SMILES string of the molecule is COCCCN1CC(=O)N2[C@H](c3cccc(Cl)c3)c3[nH]c4ccccc4c3C[C@H]2C1=O. The average molecular weight is 438 g/mol. The van der Waals surface area contributed by atoms with Gasteiger partial charge in [0.15, 0.2) is 0 Å². The lowest BCUT2D eigenvalue weighted by atomic mass is 9.86. The van der Waals surface area contributed by atoms with Crippen molar-refractivity contribution in [2.24, 2.45) is 0 Å². The summed E-state index contributed by atoms with van der Waals surface area (Å²) in [6.45, 7) is 1.17. The number of carbonyl (C=O) groups excluding carboxylic acids is 2. The van der Waals surface area contributed by atoms with E-state index < -0.39 is 6.04 Å². The molecular weight excluding hydrogens is 414 g/mol. The Morgan fingerprint density at radius 2 is 2.00 bits per heavy atom. The van der Waals surface area contributed by atoms with Crippen LogP contribution in [0, 0.1) is 0 Å². The molecule has 0 spiro atoms. The summed E-state index contributed by atoms with van der Waals surface area (Å²) in [5.41, 5.74) is 3.98. The Morgan fingerprint density at radius 3 is 2.81 bits per heavy atom. The summed E-state index contributed by atoms with van der Waals surface area (Å²) in [4.78, 5) is 33.8. The van der Waals surface area contributed by atoms with Gasteiger partial charge in [-0.3, -0.25) is 9.59 Å². The molecule has 1 N–H and O–H groups in total. The summed E-state index contributed by atoms with van der Waals surface area (Å²) in [5.74, 6) is -0.0463. The van der Waals surface area contributed by atoms with Crippen LogP contribution in [0.2, 0.25) is 5.02 Å². The van der Waals surface area contributed by atoms with Gasteiger partial charge in [-0.15, -0.1) is 0 Å². The number of ether oxygens (including phenoxy) is 1. The molecule has 2 aliphatic rings. The molecule has 2 amide bonds. The van der Waals surface area contributed by atoms with Crippen LogP contribution in [-0.2, 0) is 20.7 Å². The Hall–Kier alpha value is -2.83. The summed E-state index contributed by atoms with van der Waals surface area (Å²) in [7, 11) is 1.64. The Morgan fingerprint density at radius 1 is 1.16 bits per heavy atom. The predicted octanol–water partition coefficient (Wildman–Crippen LogP) is 3.54. The molecule has 0 radical (unpaired) electrons. The first-order valence-corrected chi connectivity index (χ1v) is 10.9. The lowest BCUT2D eigenvalue weighted by molar-refractivity contribution is -0.158. The molecule has 2 aliphatic heterocycles. The van der Waals surface area contributed by atoms with Crippen molar-refractivity contribution in [2.45, 2.75) is 24.9 Å². The first-order valence-electron chi connectivity index (χ1n) is 10.5. The van der Waals surface area contributed by atoms with Crippen LogP contribution < -0.4 is 0 Å². The minimum absolute atomic E-state index is 0.00124. The first-order chi connectivity index (χ1) is 15.1. The number of nitrogens with zero attached hydrogens (tertiary/aromatic N) is 2. The fraction of sp³-hybridized carbons (Fsp3) is 0.333. The molecule has 0 aliphatic carbocycles. The Balaban J connectivity index is 1.62. The van der Waals surface area contributed by atoms with Gasteiger partial charge in [0.05, 0.1) is 12.6 Å². The number of amides is 2. The van der Waals surface area contributed by atoms with Crippen LogP contribution in [0.1, 0.15) is 29.3 Å². The molecule has 31 heavy (non-hydrogen) atoms. The Kier molecular flexibility index (Phi) is 5.20. The quantitative estimate of drug-likeness (QED) is 0.621. The van der Waals surface area contributed by atoms with E-state index in [0.717, 1.165) is 27.7 Å². The highest BCUT2D eigenvalue weighted by Crippen LogP contribution is 2.42. The fourth-order valence-corrected chi connectivity index (χ4v) is 5.13. The molecule has 0 unspecified atom stereocenters. The van der Waals surface area contributed by atoms with Gasteiger partial charge in [0, 0.05) is 48.3 Å². The van der Waals surface area contributed by atoms with E-state index in [0.29, 0.717) is 31.0 Å². The van der Waals surface area contributed by atoms with Gasteiger partial charge in [0.25, 0.3) is 0 Å². The summed E-state index contributed by atoms with van der Waals surface area (Å²) in [6, 6.07) is 14.7. The van der Waals surface area contributed by atoms with Gasteiger partial charge in [-0.1, -0.05) is 41.9 Å². The number of nitrogens with one attached hydrogen (secondary N) is 1. The van der Waals surface area contributed by atoms with Crippen LogP contribution in [0.15, 0.2) is 48.5 Å². The maximum Gasteiger partial charge on any atom is 0.246 e. The number of aromatic nitrogens is 1. The van der Waals surface area contributed by atoms with E-state index in [-0.39, 0.29) is 24.4 Å². The smallest absolute Gasteiger partial charge is 0.246 e. The zero-order valence-electron chi connectivity index (χ0n) is 17.3. The van der Waals surface area contributed by atoms with Crippen molar-refractivity contribution in [1.29, 1.82) is 0 Å². The van der Waals surface area contributed by atoms with Crippen LogP contribution in [-0.4, -0.2) is 59.4 Å². The number of benzene rings is 2. The van der Waals surface area contributed by atoms with E-state index in [1.54, 1.807) is 16.9 Å². The number of fused-ring (bicyclic) bond motifs is 4. The molecule has 1 aromatic heterocycles. The van der Waals surface area contributed by atoms with E-state index in [1.807, 2.05) is 42.5 Å². The summed E-state index contributed by atoms with van der Waals surface area (Å²) in [5, 5.41) is 1.70. The van der Waals surface area contributed by atoms with Crippen molar-refractivity contribution in [3.63, 3.8) is 0 Å². The highest BCUT2D eigenvalue weighted by Gasteiger charge is 2.48. The molecule has 2 atom stereocenters. The third kappa shape index (κ3) is 3.40. The molecule has 6 nitrogen and oxygen atoms in total. The second kappa shape index (κ2) is 8.02. The number of aromatic amines is 1. The molecule has 1 saturated heterocycles. The van der Waals surface area contributed by atoms with Crippen LogP contribution in [0.25, 0.3) is 10.9 Å². The van der Waals surface area contributed by atoms with E-state index in [2.05, 4.69) is 11.1 Å². The average Bonchev–Trinajstić information content (AvgIpc) is 3.14. The van der Waals surface area contributed by atoms with Crippen LogP contribution >= 0.6 is 11.6 Å². The minimum Gasteiger partial charge on any atom is -0.385 e. The van der Waals surface area contributed by atoms with Crippen molar-refractivity contribution in [2.75, 3.05) is 26.8 Å². The van der Waals surface area contributed by atoms with Gasteiger partial charge in [-0.05, 0) is 35.7 Å². The third-order valence-electron chi connectivity index (χ3n) is 6.28. The summed E-state index contributed by atoms with van der Waals surface area (Å²) in [6.07, 6.45) is 1.21. The van der Waals surface area contributed by atoms with Crippen molar-refractivity contribution >= 4 is 34.3 Å². The van der Waals surface area contributed by atoms with Crippen molar-refractivity contribution in [1.82, 2.24) is 14.8 Å². The van der Waals surface area contributed by atoms with E-state index in [1.165, 1.54) is 0 Å². The number of piperazine rings is 1. The monoisotopic (exact) mass is 437 g/mol. The predicted molar refractivity (Wildman–Crippen MR) is 119 cm³/mol. The van der Waals surface area contributed by atoms with E-state index in [9.17, 15) is 9.59 Å². The Bertz CT molecular complexity index is 1160. The van der Waals surface area contributed by atoms with Crippen LogP contribution in [0.5, 0.6) is 0 Å². The lowest BCUT2D eigenvalue weighted by Crippen LogP contribution is -2.63. The number of hydrogen-bond donors (Lipinski definition) is 1. The zero-order valence-corrected chi connectivity index (χ0v) is 18.1. The maximum absolute atomic E-state index is 13.5. The molecule has 3 aromatic rings. The van der Waals surface area contributed by atoms with Gasteiger partial charge >= 0.3 is 0 Å². The molecule has 0 saturated carbocycles. The summed E-state index contributed by atoms with van der Waals surface area (Å²) < 4.78 is 5.12. The summed E-state index contributed by atoms with van der Waals surface area (Å²) >= 11 is 6.30. The van der Waals surface area contributed by atoms with Gasteiger partial charge in [-0.2, -0.15) is 0 Å². The van der Waals surface area contributed by atoms with Gasteiger partial charge in [0.2, 0.25) is 11.8 Å². The zero-order chi connectivity index (χ0) is 21.5. The number of para-hydroxylation sites is 1. The van der Waals surface area contributed by atoms with Gasteiger partial charge in [0.1, 0.15) is 6.04 Å². The molecule has 2 aromatic carbocycles. The number of rotatable bonds is 5. The third-order valence-corrected chi connectivity index (χ3v) is 6.52. The molecular formula is C24H24ClN3O3. The number of halogens is 1. The topological polar surface area (TPSA) is 65.6 Å². The first kappa shape index (κ1) is 20.1. The number of H-pyrrole nitrogens is 1. The number of carbonyl (C=O) groups is 2. The van der Waals surface area contributed by atoms with Crippen LogP contribution in [0.4, 0.5) is 0 Å². The van der Waals surface area contributed by atoms with Gasteiger partial charge in [-0.25, -0.2) is 0 Å². The highest BCUT2D eigenvalue weighted by atomic mass is 35.5. The highest BCUT2D eigenvalue weighted by molar-refractivity contribution is 6.30. The number of methoxy groups -OCH3 is 1. The fourth-order valence-electron chi connectivity index (χ4n) is 4.94. The second-order valence-corrected chi connectivity index (χ2v) is 8.58. The second-order valence-electron chi connectivity index (χ2n) is 8.15. The van der Waals surface area contributed by atoms with E-state index in [4.69, 9.17) is 16.3 Å². The largest absolute Gasteiger partial charge is 0.385 e. The lowest BCUT2D eigenvalue weighted by Gasteiger charge is -2.47. The molecule has 7 heteroatoms. The molecule has 5 rings (SSSR count). The molecule has 3 heterocycles. The standard InChI is InChI=1S/C24H24ClN3O3/c1-31-11-5-10-27-14-21(29)28-20(24(27)30)13-18-17-8-2-3-9-19(17)26-22(18)23(28)15-6-4-7-16(25)12-15/h2-4,6-9,12,20,23,26H,5,10-11,13-14H2,1H3/t20-,23+/m0/s1. The molecule has 0 bridgehead atoms. The molecule has 1 fully saturated rings. The van der Waals surface area contributed by atoms with Gasteiger partial charge < -0.3 is 19.5 Å². The van der Waals surface area contributed by atoms with Crippen molar-refractivity contribution in [3.05, 3.63) is 70.4 Å².